The van der Waals surface area contributed by atoms with Gasteiger partial charge in [0.2, 0.25) is 0 Å². The number of aromatic carboxylic acids is 1. The molecule has 0 radical (unpaired) electrons. The van der Waals surface area contributed by atoms with Gasteiger partial charge in [0.25, 0.3) is 0 Å². The van der Waals surface area contributed by atoms with E-state index in [1.165, 1.54) is 75.0 Å². The third-order valence-electron chi connectivity index (χ3n) is 7.31. The van der Waals surface area contributed by atoms with Crippen LogP contribution in [0.1, 0.15) is 79.4 Å². The van der Waals surface area contributed by atoms with E-state index >= 15 is 0 Å². The highest BCUT2D eigenvalue weighted by atomic mass is 16.4. The molecule has 2 aliphatic carbocycles. The maximum Gasteiger partial charge on any atom is 0.337 e. The second kappa shape index (κ2) is 9.31. The molecule has 2 aromatic rings. The van der Waals surface area contributed by atoms with Gasteiger partial charge in [-0.1, -0.05) is 74.1 Å². The summed E-state index contributed by atoms with van der Waals surface area (Å²) in [4.78, 5) is 15.7. The topological polar surface area (TPSA) is 74.6 Å². The number of aromatic nitrogens is 1. The molecule has 0 spiro atoms. The number of carbonyl (C=O) groups is 1. The average molecular weight is 427 g/mol. The zero-order valence-corrected chi connectivity index (χ0v) is 18.5. The molecule has 1 aromatic carbocycles. The first-order chi connectivity index (χ1) is 15.7. The van der Waals surface area contributed by atoms with E-state index in [9.17, 15) is 9.90 Å². The Morgan fingerprint density at radius 3 is 2.47 bits per heavy atom. The maximum absolute atomic E-state index is 11.2. The van der Waals surface area contributed by atoms with Crippen LogP contribution in [0.25, 0.3) is 5.70 Å². The fraction of sp³-hybridized carbons (Fsp3) is 0.423. The number of carboxylic acid groups (broad SMARTS) is 1. The zero-order valence-electron chi connectivity index (χ0n) is 18.5. The van der Waals surface area contributed by atoms with Crippen molar-refractivity contribution in [2.24, 2.45) is 11.0 Å². The monoisotopic (exact) mass is 427 g/mol. The number of rotatable bonds is 5. The Morgan fingerprint density at radius 2 is 1.78 bits per heavy atom. The van der Waals surface area contributed by atoms with Crippen molar-refractivity contribution in [1.29, 1.82) is 0 Å². The molecule has 5 nitrogen and oxygen atoms in total. The van der Waals surface area contributed by atoms with Crippen LogP contribution in [-0.2, 0) is 0 Å². The Morgan fingerprint density at radius 1 is 0.969 bits per heavy atom. The maximum atomic E-state index is 11.2. The van der Waals surface area contributed by atoms with Crippen molar-refractivity contribution in [3.8, 4) is 0 Å². The first kappa shape index (κ1) is 21.0. The number of hydrogen-bond donors (Lipinski definition) is 2. The Hall–Kier alpha value is -2.89. The van der Waals surface area contributed by atoms with Gasteiger partial charge in [-0.2, -0.15) is 5.10 Å². The lowest BCUT2D eigenvalue weighted by molar-refractivity contribution is 0.0696. The lowest BCUT2D eigenvalue weighted by atomic mass is 9.52. The van der Waals surface area contributed by atoms with Gasteiger partial charge in [-0.25, -0.2) is 4.79 Å². The molecule has 1 aromatic heterocycles. The summed E-state index contributed by atoms with van der Waals surface area (Å²) in [5.41, 5.74) is 10.5. The number of nitrogens with zero attached hydrogens (tertiary/aromatic N) is 2. The summed E-state index contributed by atoms with van der Waals surface area (Å²) < 4.78 is 0. The van der Waals surface area contributed by atoms with E-state index in [4.69, 9.17) is 5.10 Å². The molecular weight excluding hydrogens is 397 g/mol. The lowest BCUT2D eigenvalue weighted by Gasteiger charge is -2.31. The molecule has 1 aliphatic heterocycles. The van der Waals surface area contributed by atoms with Crippen LogP contribution >= 0.6 is 0 Å². The van der Waals surface area contributed by atoms with Crippen molar-refractivity contribution in [3.63, 3.8) is 0 Å². The van der Waals surface area contributed by atoms with Crippen LogP contribution in [0.5, 0.6) is 0 Å². The lowest BCUT2D eigenvalue weighted by Crippen LogP contribution is -2.30. The Bertz CT molecular complexity index is 1040. The molecule has 0 saturated heterocycles. The molecule has 2 saturated carbocycles. The van der Waals surface area contributed by atoms with Gasteiger partial charge in [0.1, 0.15) is 0 Å². The van der Waals surface area contributed by atoms with Crippen molar-refractivity contribution in [3.05, 3.63) is 65.0 Å². The van der Waals surface area contributed by atoms with Crippen molar-refractivity contribution in [2.75, 3.05) is 0 Å². The zero-order chi connectivity index (χ0) is 21.9. The number of allylic oxidation sites excluding steroid dienone is 1. The van der Waals surface area contributed by atoms with Crippen LogP contribution in [0, 0.1) is 5.92 Å². The van der Waals surface area contributed by atoms with E-state index < -0.39 is 5.97 Å². The Kier molecular flexibility index (Phi) is 6.11. The summed E-state index contributed by atoms with van der Waals surface area (Å²) in [7, 11) is 1.20. The van der Waals surface area contributed by atoms with E-state index in [-0.39, 0.29) is 11.5 Å². The Labute approximate surface area is 190 Å². The molecular formula is C26H30BN3O2. The molecule has 0 amide bonds. The number of nitrogens with one attached hydrogen (secondary N) is 1. The third kappa shape index (κ3) is 4.36. The quantitative estimate of drug-likeness (QED) is 0.689. The summed E-state index contributed by atoms with van der Waals surface area (Å²) in [5, 5.41) is 14.0. The fourth-order valence-electron chi connectivity index (χ4n) is 5.23. The number of fused-ring (bicyclic) bond motifs is 1. The van der Waals surface area contributed by atoms with Crippen LogP contribution in [0.2, 0.25) is 5.82 Å². The van der Waals surface area contributed by atoms with Crippen LogP contribution in [0.15, 0.2) is 53.3 Å². The first-order valence-corrected chi connectivity index (χ1v) is 12.0. The van der Waals surface area contributed by atoms with Crippen molar-refractivity contribution >= 4 is 30.1 Å². The number of hydrogen-bond acceptors (Lipinski definition) is 4. The first-order valence-electron chi connectivity index (χ1n) is 12.0. The number of benzene rings is 1. The summed E-state index contributed by atoms with van der Waals surface area (Å²) in [5.74, 6) is 0.143. The molecule has 2 heterocycles. The molecule has 32 heavy (non-hydrogen) atoms. The van der Waals surface area contributed by atoms with Crippen LogP contribution < -0.4 is 10.9 Å². The minimum Gasteiger partial charge on any atom is -0.478 e. The molecule has 1 unspecified atom stereocenters. The van der Waals surface area contributed by atoms with Gasteiger partial charge in [0, 0.05) is 12.1 Å². The molecule has 6 heteroatoms. The molecule has 2 fully saturated rings. The SMILES string of the molecule is O=C(O)c1ccc(C2=NNC(c3ccc(BC4CCC4)cc3)=C3CCCCCCC23)nc1. The van der Waals surface area contributed by atoms with Crippen LogP contribution in [-0.4, -0.2) is 29.1 Å². The summed E-state index contributed by atoms with van der Waals surface area (Å²) in [6.45, 7) is 0. The van der Waals surface area contributed by atoms with Crippen LogP contribution in [0.3, 0.4) is 0 Å². The Balaban J connectivity index is 1.44. The predicted octanol–water partition coefficient (Wildman–Crippen LogP) is 4.50. The summed E-state index contributed by atoms with van der Waals surface area (Å²) in [6, 6.07) is 12.5. The largest absolute Gasteiger partial charge is 0.478 e. The molecule has 0 bridgehead atoms. The van der Waals surface area contributed by atoms with Crippen molar-refractivity contribution in [2.45, 2.75) is 63.6 Å². The molecule has 3 aliphatic rings. The van der Waals surface area contributed by atoms with Gasteiger partial charge in [0.05, 0.1) is 22.7 Å². The minimum atomic E-state index is -0.956. The highest BCUT2D eigenvalue weighted by molar-refractivity contribution is 6.55. The van der Waals surface area contributed by atoms with Crippen molar-refractivity contribution in [1.82, 2.24) is 10.4 Å². The van der Waals surface area contributed by atoms with Gasteiger partial charge in [-0.3, -0.25) is 10.4 Å². The number of carboxylic acids is 1. The molecule has 2 N–H and O–H groups in total. The number of pyridine rings is 1. The van der Waals surface area contributed by atoms with Crippen LogP contribution in [0.4, 0.5) is 0 Å². The van der Waals surface area contributed by atoms with Gasteiger partial charge in [-0.05, 0) is 42.5 Å². The van der Waals surface area contributed by atoms with E-state index in [2.05, 4.69) is 34.7 Å². The van der Waals surface area contributed by atoms with E-state index in [0.717, 1.165) is 35.8 Å². The summed E-state index contributed by atoms with van der Waals surface area (Å²) in [6.07, 6.45) is 12.6. The summed E-state index contributed by atoms with van der Waals surface area (Å²) >= 11 is 0. The standard InChI is InChI=1S/C26H30BN3O2/c31-26(32)18-12-15-23(28-16-18)25-22-9-4-2-1-3-8-21(22)24(29-30-25)17-10-13-20(14-11-17)27-19-6-5-7-19/h10-16,19,22,27,29H,1-9H2,(H,31,32). The van der Waals surface area contributed by atoms with Gasteiger partial charge >= 0.3 is 5.97 Å². The van der Waals surface area contributed by atoms with Crippen molar-refractivity contribution < 1.29 is 9.90 Å². The molecule has 5 rings (SSSR count). The fourth-order valence-corrected chi connectivity index (χ4v) is 5.23. The van der Waals surface area contributed by atoms with Gasteiger partial charge < -0.3 is 5.11 Å². The molecule has 164 valence electrons. The average Bonchev–Trinajstić information content (AvgIpc) is 2.76. The predicted molar refractivity (Wildman–Crippen MR) is 130 cm³/mol. The van der Waals surface area contributed by atoms with E-state index in [0.29, 0.717) is 0 Å². The molecule has 1 atom stereocenters. The van der Waals surface area contributed by atoms with Gasteiger partial charge in [-0.15, -0.1) is 0 Å². The number of hydrazone groups is 1. The third-order valence-corrected chi connectivity index (χ3v) is 7.31. The second-order valence-corrected chi connectivity index (χ2v) is 9.45. The highest BCUT2D eigenvalue weighted by Crippen LogP contribution is 2.37. The normalized spacial score (nSPS) is 21.4. The van der Waals surface area contributed by atoms with E-state index in [1.54, 1.807) is 12.1 Å². The smallest absolute Gasteiger partial charge is 0.337 e. The highest BCUT2D eigenvalue weighted by Gasteiger charge is 2.30. The second-order valence-electron chi connectivity index (χ2n) is 9.45. The minimum absolute atomic E-state index is 0.203. The van der Waals surface area contributed by atoms with Gasteiger partial charge in [0.15, 0.2) is 7.28 Å². The van der Waals surface area contributed by atoms with E-state index in [1.807, 2.05) is 0 Å².